The topological polar surface area (TPSA) is 53.5 Å². The van der Waals surface area contributed by atoms with Gasteiger partial charge in [-0.1, -0.05) is 279 Å². The van der Waals surface area contributed by atoms with Crippen molar-refractivity contribution in [2.45, 2.75) is 0 Å². The van der Waals surface area contributed by atoms with Crippen LogP contribution in [0.2, 0.25) is 0 Å². The van der Waals surface area contributed by atoms with Crippen molar-refractivity contribution in [1.29, 1.82) is 0 Å². The Balaban J connectivity index is 1.08. The van der Waals surface area contributed by atoms with Crippen molar-refractivity contribution in [3.8, 4) is 28.7 Å². The molecule has 0 unspecified atom stereocenters. The molecule has 0 atom stereocenters. The minimum atomic E-state index is -3.35. The highest BCUT2D eigenvalue weighted by atomic mass is 28.3. The summed E-state index contributed by atoms with van der Waals surface area (Å²) in [5.74, 6) is 1.76. The number of nitrogens with zero attached hydrogens (tertiary/aromatic N) is 6. The molecule has 390 valence electrons. The van der Waals surface area contributed by atoms with Crippen LogP contribution in [0.5, 0.6) is 0 Å². The van der Waals surface area contributed by atoms with Gasteiger partial charge in [0, 0.05) is 65.5 Å². The minimum absolute atomic E-state index is 0.548. The zero-order valence-electron chi connectivity index (χ0n) is 45.2. The summed E-state index contributed by atoms with van der Waals surface area (Å²) in [5, 5.41) is 14.8. The van der Waals surface area contributed by atoms with E-state index in [-0.39, 0.29) is 0 Å². The first-order valence-electron chi connectivity index (χ1n) is 28.4. The molecule has 16 aromatic rings. The van der Waals surface area contributed by atoms with Crippen LogP contribution in [0.1, 0.15) is 0 Å². The average molecular weight is 1090 g/mol. The second kappa shape index (κ2) is 19.6. The number of rotatable bonds is 11. The summed E-state index contributed by atoms with van der Waals surface area (Å²) in [6.45, 7) is 0. The van der Waals surface area contributed by atoms with Crippen molar-refractivity contribution in [2.75, 3.05) is 0 Å². The van der Waals surface area contributed by atoms with Gasteiger partial charge < -0.3 is 8.47 Å². The number of aromatic nitrogens is 6. The first-order valence-corrected chi connectivity index (χ1v) is 32.2. The fraction of sp³-hybridized carbons (Fsp3) is 0. The van der Waals surface area contributed by atoms with E-state index in [0.29, 0.717) is 17.6 Å². The van der Waals surface area contributed by atoms with E-state index in [1.165, 1.54) is 74.7 Å². The third-order valence-corrected chi connectivity index (χ3v) is 26.4. The maximum Gasteiger partial charge on any atom is 0.257 e. The van der Waals surface area contributed by atoms with Gasteiger partial charge in [-0.15, -0.1) is 0 Å². The van der Waals surface area contributed by atoms with Gasteiger partial charge >= 0.3 is 0 Å². The van der Waals surface area contributed by atoms with Gasteiger partial charge in [0.2, 0.25) is 5.95 Å². The van der Waals surface area contributed by atoms with Crippen molar-refractivity contribution in [3.05, 3.63) is 315 Å². The molecule has 0 saturated heterocycles. The molecule has 12 aromatic carbocycles. The second-order valence-electron chi connectivity index (χ2n) is 21.4. The van der Waals surface area contributed by atoms with Crippen LogP contribution in [-0.2, 0) is 0 Å². The Morgan fingerprint density at radius 1 is 0.217 bits per heavy atom. The molecular weight excluding hydrogens is 1040 g/mol. The zero-order valence-corrected chi connectivity index (χ0v) is 47.2. The molecule has 0 N–H and O–H groups in total. The molecule has 83 heavy (non-hydrogen) atoms. The fourth-order valence-electron chi connectivity index (χ4n) is 13.6. The number of hydrogen-bond acceptors (Lipinski definition) is 3. The third-order valence-electron chi connectivity index (χ3n) is 17.1. The second-order valence-corrected chi connectivity index (χ2v) is 28.6. The van der Waals surface area contributed by atoms with E-state index in [2.05, 4.69) is 292 Å². The van der Waals surface area contributed by atoms with Crippen LogP contribution in [0, 0.1) is 0 Å². The van der Waals surface area contributed by atoms with Crippen molar-refractivity contribution >= 4 is 113 Å². The van der Waals surface area contributed by atoms with Gasteiger partial charge in [0.05, 0.1) is 11.0 Å². The van der Waals surface area contributed by atoms with Crippen molar-refractivity contribution < 1.29 is 0 Å². The van der Waals surface area contributed by atoms with E-state index >= 15 is 0 Å². The number of para-hydroxylation sites is 4. The lowest BCUT2D eigenvalue weighted by Crippen LogP contribution is -2.72. The van der Waals surface area contributed by atoms with Gasteiger partial charge in [0.1, 0.15) is 0 Å². The van der Waals surface area contributed by atoms with E-state index in [1.807, 2.05) is 36.4 Å². The van der Waals surface area contributed by atoms with Crippen LogP contribution in [-0.4, -0.2) is 44.5 Å². The average Bonchev–Trinajstić information content (AvgIpc) is 2.02. The summed E-state index contributed by atoms with van der Waals surface area (Å²) in [6, 6.07) is 116. The lowest BCUT2D eigenvalue weighted by atomic mass is 10.1. The maximum atomic E-state index is 5.47. The first kappa shape index (κ1) is 48.4. The van der Waals surface area contributed by atoms with Gasteiger partial charge in [0.15, 0.2) is 11.6 Å². The predicted octanol–water partition coefficient (Wildman–Crippen LogP) is 13.5. The number of benzene rings is 12. The lowest BCUT2D eigenvalue weighted by Gasteiger charge is -2.36. The number of fused-ring (bicyclic) bond motifs is 9. The Morgan fingerprint density at radius 2 is 0.494 bits per heavy atom. The summed E-state index contributed by atoms with van der Waals surface area (Å²) in [5.41, 5.74) is 8.66. The van der Waals surface area contributed by atoms with E-state index in [9.17, 15) is 0 Å². The molecule has 16 rings (SSSR count). The van der Waals surface area contributed by atoms with Crippen molar-refractivity contribution in [2.24, 2.45) is 0 Å². The zero-order chi connectivity index (χ0) is 54.9. The minimum Gasteiger partial charge on any atom is -0.355 e. The molecule has 0 aliphatic heterocycles. The van der Waals surface area contributed by atoms with E-state index in [4.69, 9.17) is 15.0 Å². The Hall–Kier alpha value is -10.5. The van der Waals surface area contributed by atoms with Crippen LogP contribution < -0.4 is 31.1 Å². The highest BCUT2D eigenvalue weighted by Crippen LogP contribution is 2.38. The highest BCUT2D eigenvalue weighted by molar-refractivity contribution is 7.12. The Morgan fingerprint density at radius 3 is 0.807 bits per heavy atom. The molecular formula is C75H52N6Si2. The van der Waals surface area contributed by atoms with Gasteiger partial charge in [-0.2, -0.15) is 9.97 Å². The summed E-state index contributed by atoms with van der Waals surface area (Å²) < 4.78 is 7.77. The van der Waals surface area contributed by atoms with Crippen LogP contribution in [0.4, 0.5) is 0 Å². The normalized spacial score (nSPS) is 12.1. The standard InChI is InChI=1S/C75H52N6Si2/c1-7-27-53(28-8-1)73-76-74(54-29-9-2-10-30-54)78-75(77-73)79-67-49-47-59(82(55-31-11-3-12-32-55,56-33-13-4-14-34-56)80-69-43-23-19-39-61(69)62-40-20-24-44-70(62)80)51-65(67)66-52-60(48-50-68(66)79)83(57-35-15-5-16-36-57,58-37-17-6-18-38-58)81-71-45-25-21-41-63(71)64-42-22-26-46-72(64)81/h1-52H. The molecule has 0 aliphatic rings. The Bertz CT molecular complexity index is 4580. The Kier molecular flexibility index (Phi) is 11.4. The molecule has 0 saturated carbocycles. The van der Waals surface area contributed by atoms with Crippen molar-refractivity contribution in [1.82, 2.24) is 28.0 Å². The summed E-state index contributed by atoms with van der Waals surface area (Å²) in [7, 11) is -6.69. The van der Waals surface area contributed by atoms with E-state index in [1.54, 1.807) is 0 Å². The molecule has 6 nitrogen and oxygen atoms in total. The summed E-state index contributed by atoms with van der Waals surface area (Å²) in [4.78, 5) is 16.1. The third kappa shape index (κ3) is 7.43. The smallest absolute Gasteiger partial charge is 0.257 e. The molecule has 4 aromatic heterocycles. The molecule has 0 amide bonds. The number of hydrogen-bond donors (Lipinski definition) is 0. The highest BCUT2D eigenvalue weighted by Gasteiger charge is 2.46. The van der Waals surface area contributed by atoms with Gasteiger partial charge in [0.25, 0.3) is 16.5 Å². The molecule has 0 bridgehead atoms. The lowest BCUT2D eigenvalue weighted by molar-refractivity contribution is 0.953. The Labute approximate surface area is 482 Å². The fourth-order valence-corrected chi connectivity index (χ4v) is 23.5. The van der Waals surface area contributed by atoms with Gasteiger partial charge in [-0.05, 0) is 67.5 Å². The van der Waals surface area contributed by atoms with E-state index in [0.717, 1.165) is 32.9 Å². The quantitative estimate of drug-likeness (QED) is 0.0958. The maximum absolute atomic E-state index is 5.47. The van der Waals surface area contributed by atoms with Crippen LogP contribution in [0.15, 0.2) is 315 Å². The molecule has 0 spiro atoms. The van der Waals surface area contributed by atoms with Crippen LogP contribution in [0.3, 0.4) is 0 Å². The SMILES string of the molecule is c1ccc(-c2nc(-c3ccccc3)nc(-n3c4ccc([Si](c5ccccc5)(c5ccccc5)n5c6ccccc6c6ccccc65)cc4c4cc([Si](c5ccccc5)(c5ccccc5)n5c6ccccc6c6ccccc65)ccc43)n2)cc1. The first-order chi connectivity index (χ1) is 41.2. The molecule has 8 heteroatoms. The van der Waals surface area contributed by atoms with Crippen LogP contribution in [0.25, 0.3) is 94.1 Å². The largest absolute Gasteiger partial charge is 0.355 e. The van der Waals surface area contributed by atoms with E-state index < -0.39 is 16.5 Å². The molecule has 4 heterocycles. The van der Waals surface area contributed by atoms with Gasteiger partial charge in [-0.25, -0.2) is 4.98 Å². The summed E-state index contributed by atoms with van der Waals surface area (Å²) in [6.07, 6.45) is 0. The van der Waals surface area contributed by atoms with Crippen LogP contribution >= 0.6 is 0 Å². The van der Waals surface area contributed by atoms with Gasteiger partial charge in [-0.3, -0.25) is 4.57 Å². The predicted molar refractivity (Wildman–Crippen MR) is 350 cm³/mol. The molecule has 0 fully saturated rings. The monoisotopic (exact) mass is 1090 g/mol. The summed E-state index contributed by atoms with van der Waals surface area (Å²) >= 11 is 0. The molecule has 0 radical (unpaired) electrons. The molecule has 0 aliphatic carbocycles. The van der Waals surface area contributed by atoms with Crippen molar-refractivity contribution in [3.63, 3.8) is 0 Å².